The molecule has 3 nitrogen and oxygen atoms in total. The molecule has 0 bridgehead atoms. The fraction of sp³-hybridized carbons (Fsp3) is 0.100. The minimum Gasteiger partial charge on any atom is -0.390 e. The molecule has 2 aromatic rings. The Morgan fingerprint density at radius 1 is 1.47 bits per heavy atom. The third kappa shape index (κ3) is 2.07. The summed E-state index contributed by atoms with van der Waals surface area (Å²) in [7, 11) is 0. The highest BCUT2D eigenvalue weighted by atomic mass is 79.9. The maximum absolute atomic E-state index is 8.97. The van der Waals surface area contributed by atoms with Crippen LogP contribution in [-0.2, 0) is 6.61 Å². The summed E-state index contributed by atoms with van der Waals surface area (Å²) >= 11 is 9.42. The van der Waals surface area contributed by atoms with Crippen molar-refractivity contribution in [3.8, 4) is 11.3 Å². The summed E-state index contributed by atoms with van der Waals surface area (Å²) in [4.78, 5) is 0. The van der Waals surface area contributed by atoms with Crippen LogP contribution in [0.4, 0.5) is 0 Å². The van der Waals surface area contributed by atoms with E-state index in [-0.39, 0.29) is 6.61 Å². The number of hydrogen-bond acceptors (Lipinski definition) is 2. The van der Waals surface area contributed by atoms with Gasteiger partial charge >= 0.3 is 0 Å². The number of aliphatic hydroxyl groups excluding tert-OH is 1. The summed E-state index contributed by atoms with van der Waals surface area (Å²) < 4.78 is 0.963. The first kappa shape index (κ1) is 10.7. The lowest BCUT2D eigenvalue weighted by atomic mass is 10.1. The third-order valence-corrected chi connectivity index (χ3v) is 2.93. The number of aliphatic hydroxyl groups is 1. The van der Waals surface area contributed by atoms with Gasteiger partial charge in [-0.1, -0.05) is 39.7 Å². The predicted octanol–water partition coefficient (Wildman–Crippen LogP) is 2.98. The second-order valence-electron chi connectivity index (χ2n) is 3.03. The molecule has 0 aliphatic carbocycles. The molecule has 0 fully saturated rings. The molecule has 0 saturated carbocycles. The predicted molar refractivity (Wildman–Crippen MR) is 62.7 cm³/mol. The van der Waals surface area contributed by atoms with Gasteiger partial charge in [0.05, 0.1) is 17.3 Å². The molecule has 0 aliphatic heterocycles. The van der Waals surface area contributed by atoms with Crippen molar-refractivity contribution in [2.75, 3.05) is 0 Å². The average Bonchev–Trinajstić information content (AvgIpc) is 2.59. The number of nitrogens with one attached hydrogen (secondary N) is 1. The zero-order chi connectivity index (χ0) is 10.8. The topological polar surface area (TPSA) is 48.9 Å². The van der Waals surface area contributed by atoms with Crippen LogP contribution in [0.3, 0.4) is 0 Å². The van der Waals surface area contributed by atoms with Gasteiger partial charge in [-0.3, -0.25) is 5.10 Å². The Kier molecular flexibility index (Phi) is 3.09. The Morgan fingerprint density at radius 2 is 2.27 bits per heavy atom. The van der Waals surface area contributed by atoms with Crippen molar-refractivity contribution in [1.29, 1.82) is 0 Å². The molecule has 0 spiro atoms. The van der Waals surface area contributed by atoms with Crippen LogP contribution >= 0.6 is 27.5 Å². The van der Waals surface area contributed by atoms with Gasteiger partial charge in [0.1, 0.15) is 5.69 Å². The Bertz CT molecular complexity index is 484. The lowest BCUT2D eigenvalue weighted by molar-refractivity contribution is 0.277. The molecular weight excluding hydrogens is 279 g/mol. The van der Waals surface area contributed by atoms with Crippen LogP contribution in [0.15, 0.2) is 28.7 Å². The van der Waals surface area contributed by atoms with Crippen LogP contribution in [-0.4, -0.2) is 15.3 Å². The zero-order valence-electron chi connectivity index (χ0n) is 7.67. The highest BCUT2D eigenvalue weighted by molar-refractivity contribution is 9.10. The lowest BCUT2D eigenvalue weighted by Gasteiger charge is -1.98. The van der Waals surface area contributed by atoms with Gasteiger partial charge in [0, 0.05) is 10.0 Å². The highest BCUT2D eigenvalue weighted by Crippen LogP contribution is 2.29. The van der Waals surface area contributed by atoms with Crippen LogP contribution in [0, 0.1) is 0 Å². The monoisotopic (exact) mass is 286 g/mol. The van der Waals surface area contributed by atoms with Crippen molar-refractivity contribution in [1.82, 2.24) is 10.2 Å². The molecule has 1 aromatic heterocycles. The van der Waals surface area contributed by atoms with Gasteiger partial charge in [0.2, 0.25) is 0 Å². The molecular formula is C10H8BrClN2O. The number of rotatable bonds is 2. The number of aromatic amines is 1. The first-order chi connectivity index (χ1) is 7.22. The third-order valence-electron chi connectivity index (χ3n) is 2.03. The van der Waals surface area contributed by atoms with Crippen molar-refractivity contribution in [3.63, 3.8) is 0 Å². The van der Waals surface area contributed by atoms with Crippen molar-refractivity contribution in [2.45, 2.75) is 6.61 Å². The summed E-state index contributed by atoms with van der Waals surface area (Å²) in [5.41, 5.74) is 2.10. The summed E-state index contributed by atoms with van der Waals surface area (Å²) in [6.07, 6.45) is 0. The van der Waals surface area contributed by atoms with Crippen LogP contribution < -0.4 is 0 Å². The quantitative estimate of drug-likeness (QED) is 0.892. The Hall–Kier alpha value is -0.840. The van der Waals surface area contributed by atoms with E-state index in [2.05, 4.69) is 26.1 Å². The van der Waals surface area contributed by atoms with E-state index in [1.807, 2.05) is 24.3 Å². The highest BCUT2D eigenvalue weighted by Gasteiger charge is 2.11. The number of hydrogen-bond donors (Lipinski definition) is 2. The molecule has 2 rings (SSSR count). The second-order valence-corrected chi connectivity index (χ2v) is 4.33. The molecule has 0 unspecified atom stereocenters. The molecule has 0 saturated heterocycles. The first-order valence-electron chi connectivity index (χ1n) is 4.32. The smallest absolute Gasteiger partial charge is 0.111 e. The normalized spacial score (nSPS) is 10.6. The van der Waals surface area contributed by atoms with Crippen molar-refractivity contribution >= 4 is 27.5 Å². The molecule has 0 atom stereocenters. The largest absolute Gasteiger partial charge is 0.390 e. The number of aromatic nitrogens is 2. The van der Waals surface area contributed by atoms with Gasteiger partial charge < -0.3 is 5.11 Å². The summed E-state index contributed by atoms with van der Waals surface area (Å²) in [6.45, 7) is -0.139. The standard InChI is InChI=1S/C10H8BrClN2O/c11-7-3-1-2-6(4-7)10-9(12)8(5-15)13-14-10/h1-4,15H,5H2,(H,13,14). The fourth-order valence-corrected chi connectivity index (χ4v) is 1.95. The number of halogens is 2. The SMILES string of the molecule is OCc1[nH]nc(-c2cccc(Br)c2)c1Cl. The molecule has 78 valence electrons. The van der Waals surface area contributed by atoms with E-state index in [4.69, 9.17) is 16.7 Å². The number of nitrogens with zero attached hydrogens (tertiary/aromatic N) is 1. The molecule has 0 radical (unpaired) electrons. The summed E-state index contributed by atoms with van der Waals surface area (Å²) in [5.74, 6) is 0. The van der Waals surface area contributed by atoms with Gasteiger partial charge in [0.25, 0.3) is 0 Å². The van der Waals surface area contributed by atoms with Gasteiger partial charge in [-0.2, -0.15) is 5.10 Å². The van der Waals surface area contributed by atoms with Crippen LogP contribution in [0.5, 0.6) is 0 Å². The van der Waals surface area contributed by atoms with E-state index in [0.717, 1.165) is 10.0 Å². The molecule has 0 amide bonds. The molecule has 5 heteroatoms. The molecule has 1 aromatic carbocycles. The minimum atomic E-state index is -0.139. The van der Waals surface area contributed by atoms with E-state index < -0.39 is 0 Å². The van der Waals surface area contributed by atoms with E-state index in [0.29, 0.717) is 16.4 Å². The second kappa shape index (κ2) is 4.35. The van der Waals surface area contributed by atoms with Gasteiger partial charge in [0.15, 0.2) is 0 Å². The maximum Gasteiger partial charge on any atom is 0.111 e. The average molecular weight is 288 g/mol. The lowest BCUT2D eigenvalue weighted by Crippen LogP contribution is -1.82. The Morgan fingerprint density at radius 3 is 2.87 bits per heavy atom. The molecule has 0 aliphatic rings. The first-order valence-corrected chi connectivity index (χ1v) is 5.49. The summed E-state index contributed by atoms with van der Waals surface area (Å²) in [6, 6.07) is 7.66. The van der Waals surface area contributed by atoms with Crippen molar-refractivity contribution < 1.29 is 5.11 Å². The minimum absolute atomic E-state index is 0.139. The van der Waals surface area contributed by atoms with Crippen LogP contribution in [0.1, 0.15) is 5.69 Å². The maximum atomic E-state index is 8.97. The Labute approximate surface area is 100 Å². The molecule has 2 N–H and O–H groups in total. The van der Waals surface area contributed by atoms with E-state index in [9.17, 15) is 0 Å². The molecule has 1 heterocycles. The molecule has 15 heavy (non-hydrogen) atoms. The van der Waals surface area contributed by atoms with Gasteiger partial charge in [-0.05, 0) is 12.1 Å². The zero-order valence-corrected chi connectivity index (χ0v) is 10.0. The number of H-pyrrole nitrogens is 1. The van der Waals surface area contributed by atoms with Crippen LogP contribution in [0.2, 0.25) is 5.02 Å². The van der Waals surface area contributed by atoms with E-state index in [1.165, 1.54) is 0 Å². The van der Waals surface area contributed by atoms with E-state index >= 15 is 0 Å². The summed E-state index contributed by atoms with van der Waals surface area (Å²) in [5, 5.41) is 16.2. The number of benzene rings is 1. The van der Waals surface area contributed by atoms with Gasteiger partial charge in [-0.25, -0.2) is 0 Å². The van der Waals surface area contributed by atoms with E-state index in [1.54, 1.807) is 0 Å². The Balaban J connectivity index is 2.49. The fourth-order valence-electron chi connectivity index (χ4n) is 1.30. The van der Waals surface area contributed by atoms with Crippen molar-refractivity contribution in [2.24, 2.45) is 0 Å². The van der Waals surface area contributed by atoms with Crippen molar-refractivity contribution in [3.05, 3.63) is 39.5 Å². The van der Waals surface area contributed by atoms with Crippen LogP contribution in [0.25, 0.3) is 11.3 Å². The van der Waals surface area contributed by atoms with Gasteiger partial charge in [-0.15, -0.1) is 0 Å².